The normalized spacial score (nSPS) is 21.8. The molecule has 59 heavy (non-hydrogen) atoms. The highest BCUT2D eigenvalue weighted by Gasteiger charge is 2.44. The summed E-state index contributed by atoms with van der Waals surface area (Å²) in [6, 6.07) is -1.16. The standard InChI is InChI=1S/C48H93NO10/c1-3-5-7-9-11-13-15-17-18-19-20-21-22-23-24-26-28-30-32-34-36-41(52)47(57)49-39(38-58-48-46(56)45(55)44(54)42(37-50)59-48)43(53)40(51)35-33-31-29-27-25-16-14-12-10-8-6-4-2/h17-18,39-46,48,50-56H,3-16,19-38H2,1-2H3,(H,49,57). The Morgan fingerprint density at radius 3 is 1.42 bits per heavy atom. The predicted molar refractivity (Wildman–Crippen MR) is 238 cm³/mol. The average Bonchev–Trinajstić information content (AvgIpc) is 3.23. The lowest BCUT2D eigenvalue weighted by molar-refractivity contribution is -0.303. The Hall–Kier alpha value is -1.15. The Bertz CT molecular complexity index is 970. The summed E-state index contributed by atoms with van der Waals surface area (Å²) in [5, 5.41) is 75.7. The molecule has 0 aliphatic carbocycles. The van der Waals surface area contributed by atoms with Crippen LogP contribution in [0.5, 0.6) is 0 Å². The van der Waals surface area contributed by atoms with E-state index in [0.29, 0.717) is 19.3 Å². The van der Waals surface area contributed by atoms with Crippen LogP contribution in [-0.4, -0.2) is 110 Å². The van der Waals surface area contributed by atoms with Crippen LogP contribution in [0.15, 0.2) is 12.2 Å². The molecular weight excluding hydrogens is 751 g/mol. The first-order valence-electron chi connectivity index (χ1n) is 24.6. The van der Waals surface area contributed by atoms with E-state index in [1.807, 2.05) is 0 Å². The number of hydrogen-bond donors (Lipinski definition) is 8. The van der Waals surface area contributed by atoms with E-state index in [9.17, 15) is 40.5 Å². The molecule has 11 nitrogen and oxygen atoms in total. The van der Waals surface area contributed by atoms with Gasteiger partial charge in [-0.05, 0) is 38.5 Å². The molecule has 0 bridgehead atoms. The van der Waals surface area contributed by atoms with Crippen molar-refractivity contribution in [3.05, 3.63) is 12.2 Å². The zero-order valence-electron chi connectivity index (χ0n) is 37.7. The molecule has 11 heteroatoms. The van der Waals surface area contributed by atoms with E-state index in [0.717, 1.165) is 38.5 Å². The highest BCUT2D eigenvalue weighted by Crippen LogP contribution is 2.23. The van der Waals surface area contributed by atoms with Crippen LogP contribution in [0.25, 0.3) is 0 Å². The maximum atomic E-state index is 13.1. The maximum absolute atomic E-state index is 13.1. The lowest BCUT2D eigenvalue weighted by Crippen LogP contribution is -2.60. The highest BCUT2D eigenvalue weighted by molar-refractivity contribution is 5.80. The molecule has 1 aliphatic rings. The van der Waals surface area contributed by atoms with Gasteiger partial charge in [0.25, 0.3) is 0 Å². The SMILES string of the molecule is CCCCCCCCC=CCCCCCCCCCCCCC(O)C(=O)NC(COC1OC(CO)C(O)C(O)C1O)C(O)C(O)CCCCCCCCCCCCCC. The molecular formula is C48H93NO10. The molecule has 0 saturated carbocycles. The van der Waals surface area contributed by atoms with Crippen LogP contribution in [0.1, 0.15) is 219 Å². The summed E-state index contributed by atoms with van der Waals surface area (Å²) in [5.41, 5.74) is 0. The summed E-state index contributed by atoms with van der Waals surface area (Å²) in [4.78, 5) is 13.1. The third-order valence-corrected chi connectivity index (χ3v) is 12.1. The number of aliphatic hydroxyl groups is 7. The zero-order valence-corrected chi connectivity index (χ0v) is 37.7. The van der Waals surface area contributed by atoms with Crippen molar-refractivity contribution >= 4 is 5.91 Å². The first kappa shape index (κ1) is 55.9. The molecule has 0 aromatic carbocycles. The number of amides is 1. The molecule has 1 amide bonds. The van der Waals surface area contributed by atoms with Crippen LogP contribution in [0.4, 0.5) is 0 Å². The molecule has 1 rings (SSSR count). The third kappa shape index (κ3) is 28.2. The topological polar surface area (TPSA) is 189 Å². The fraction of sp³-hybridized carbons (Fsp3) is 0.938. The molecule has 0 spiro atoms. The van der Waals surface area contributed by atoms with Crippen LogP contribution < -0.4 is 5.32 Å². The fourth-order valence-corrected chi connectivity index (χ4v) is 7.96. The fourth-order valence-electron chi connectivity index (χ4n) is 7.96. The number of ether oxygens (including phenoxy) is 2. The quantitative estimate of drug-likeness (QED) is 0.0219. The van der Waals surface area contributed by atoms with Crippen LogP contribution in [-0.2, 0) is 14.3 Å². The van der Waals surface area contributed by atoms with E-state index in [1.54, 1.807) is 0 Å². The summed E-state index contributed by atoms with van der Waals surface area (Å²) >= 11 is 0. The smallest absolute Gasteiger partial charge is 0.249 e. The van der Waals surface area contributed by atoms with Crippen molar-refractivity contribution in [1.29, 1.82) is 0 Å². The molecule has 1 heterocycles. The summed E-state index contributed by atoms with van der Waals surface area (Å²) < 4.78 is 11.1. The summed E-state index contributed by atoms with van der Waals surface area (Å²) in [6.07, 6.45) is 29.7. The second-order valence-corrected chi connectivity index (χ2v) is 17.5. The van der Waals surface area contributed by atoms with Gasteiger partial charge in [0.15, 0.2) is 6.29 Å². The Morgan fingerprint density at radius 1 is 0.576 bits per heavy atom. The number of aliphatic hydroxyl groups excluding tert-OH is 7. The van der Waals surface area contributed by atoms with E-state index < -0.39 is 74.2 Å². The molecule has 0 aromatic rings. The van der Waals surface area contributed by atoms with Crippen LogP contribution in [0, 0.1) is 0 Å². The van der Waals surface area contributed by atoms with E-state index >= 15 is 0 Å². The van der Waals surface area contributed by atoms with Gasteiger partial charge in [-0.3, -0.25) is 4.79 Å². The Labute approximate surface area is 360 Å². The number of carbonyl (C=O) groups is 1. The number of hydrogen-bond acceptors (Lipinski definition) is 10. The number of unbranched alkanes of at least 4 members (excludes halogenated alkanes) is 27. The van der Waals surface area contributed by atoms with E-state index in [4.69, 9.17) is 9.47 Å². The molecule has 9 unspecified atom stereocenters. The molecule has 8 N–H and O–H groups in total. The van der Waals surface area contributed by atoms with Crippen molar-refractivity contribution in [2.24, 2.45) is 0 Å². The van der Waals surface area contributed by atoms with Crippen molar-refractivity contribution in [1.82, 2.24) is 5.32 Å². The summed E-state index contributed by atoms with van der Waals surface area (Å²) in [6.45, 7) is 3.44. The van der Waals surface area contributed by atoms with Gasteiger partial charge in [0.05, 0.1) is 25.4 Å². The van der Waals surface area contributed by atoms with Gasteiger partial charge >= 0.3 is 0 Å². The van der Waals surface area contributed by atoms with Gasteiger partial charge in [-0.2, -0.15) is 0 Å². The molecule has 0 radical (unpaired) electrons. The molecule has 1 aliphatic heterocycles. The van der Waals surface area contributed by atoms with Gasteiger partial charge in [0.2, 0.25) is 5.91 Å². The lowest BCUT2D eigenvalue weighted by atomic mass is 9.98. The van der Waals surface area contributed by atoms with E-state index in [1.165, 1.54) is 141 Å². The molecule has 350 valence electrons. The van der Waals surface area contributed by atoms with Crippen molar-refractivity contribution in [2.75, 3.05) is 13.2 Å². The second-order valence-electron chi connectivity index (χ2n) is 17.5. The minimum Gasteiger partial charge on any atom is -0.394 e. The van der Waals surface area contributed by atoms with E-state index in [-0.39, 0.29) is 6.42 Å². The monoisotopic (exact) mass is 844 g/mol. The van der Waals surface area contributed by atoms with Gasteiger partial charge in [-0.1, -0.05) is 193 Å². The van der Waals surface area contributed by atoms with Gasteiger partial charge in [0.1, 0.15) is 36.6 Å². The number of allylic oxidation sites excluding steroid dienone is 2. The molecule has 0 aromatic heterocycles. The minimum atomic E-state index is -1.66. The summed E-state index contributed by atoms with van der Waals surface area (Å²) in [7, 11) is 0. The Kier molecular flexibility index (Phi) is 36.5. The van der Waals surface area contributed by atoms with Gasteiger partial charge in [-0.25, -0.2) is 0 Å². The van der Waals surface area contributed by atoms with Crippen molar-refractivity contribution in [3.63, 3.8) is 0 Å². The van der Waals surface area contributed by atoms with Crippen LogP contribution in [0.3, 0.4) is 0 Å². The largest absolute Gasteiger partial charge is 0.394 e. The lowest BCUT2D eigenvalue weighted by Gasteiger charge is -2.40. The Balaban J connectivity index is 2.38. The third-order valence-electron chi connectivity index (χ3n) is 12.1. The van der Waals surface area contributed by atoms with Gasteiger partial charge < -0.3 is 50.5 Å². The molecule has 1 saturated heterocycles. The van der Waals surface area contributed by atoms with Gasteiger partial charge in [-0.15, -0.1) is 0 Å². The maximum Gasteiger partial charge on any atom is 0.249 e. The summed E-state index contributed by atoms with van der Waals surface area (Å²) in [5.74, 6) is -0.697. The zero-order chi connectivity index (χ0) is 43.4. The van der Waals surface area contributed by atoms with E-state index in [2.05, 4.69) is 31.3 Å². The van der Waals surface area contributed by atoms with Crippen LogP contribution in [0.2, 0.25) is 0 Å². The molecule has 9 atom stereocenters. The van der Waals surface area contributed by atoms with Crippen molar-refractivity contribution in [3.8, 4) is 0 Å². The Morgan fingerprint density at radius 2 is 0.983 bits per heavy atom. The first-order valence-corrected chi connectivity index (χ1v) is 24.6. The van der Waals surface area contributed by atoms with Crippen molar-refractivity contribution < 1.29 is 50.0 Å². The number of nitrogens with one attached hydrogen (secondary N) is 1. The minimum absolute atomic E-state index is 0.261. The predicted octanol–water partition coefficient (Wildman–Crippen LogP) is 8.45. The first-order chi connectivity index (χ1) is 28.7. The average molecular weight is 844 g/mol. The number of rotatable bonds is 41. The molecule has 1 fully saturated rings. The van der Waals surface area contributed by atoms with Crippen molar-refractivity contribution in [2.45, 2.75) is 274 Å². The second kappa shape index (κ2) is 38.5. The number of carbonyl (C=O) groups excluding carboxylic acids is 1. The van der Waals surface area contributed by atoms with Crippen LogP contribution >= 0.6 is 0 Å². The highest BCUT2D eigenvalue weighted by atomic mass is 16.7. The van der Waals surface area contributed by atoms with Gasteiger partial charge in [0, 0.05) is 0 Å².